The summed E-state index contributed by atoms with van der Waals surface area (Å²) in [5.74, 6) is 0.258. The van der Waals surface area contributed by atoms with E-state index in [-0.39, 0.29) is 24.5 Å². The summed E-state index contributed by atoms with van der Waals surface area (Å²) in [6.07, 6.45) is 1.23. The second kappa shape index (κ2) is 12.7. The van der Waals surface area contributed by atoms with Crippen molar-refractivity contribution >= 4 is 11.8 Å². The molecule has 35 heavy (non-hydrogen) atoms. The van der Waals surface area contributed by atoms with Gasteiger partial charge in [-0.25, -0.2) is 0 Å². The molecule has 2 atom stereocenters. The van der Waals surface area contributed by atoms with Gasteiger partial charge >= 0.3 is 0 Å². The Kier molecular flexibility index (Phi) is 9.47. The largest absolute Gasteiger partial charge is 0.484 e. The lowest BCUT2D eigenvalue weighted by molar-refractivity contribution is -0.143. The Morgan fingerprint density at radius 3 is 2.34 bits per heavy atom. The molecule has 0 aliphatic rings. The zero-order chi connectivity index (χ0) is 25.2. The molecule has 0 aliphatic carbocycles. The molecule has 0 fully saturated rings. The number of carbonyl (C=O) groups excluding carboxylic acids is 2. The minimum Gasteiger partial charge on any atom is -0.484 e. The molecule has 3 rings (SSSR count). The van der Waals surface area contributed by atoms with Gasteiger partial charge in [0.05, 0.1) is 0 Å². The first-order valence-corrected chi connectivity index (χ1v) is 12.2. The van der Waals surface area contributed by atoms with Crippen LogP contribution in [0.2, 0.25) is 0 Å². The zero-order valence-electron chi connectivity index (χ0n) is 21.2. The van der Waals surface area contributed by atoms with Gasteiger partial charge in [-0.1, -0.05) is 73.7 Å². The summed E-state index contributed by atoms with van der Waals surface area (Å²) in [6, 6.07) is 24.7. The SMILES string of the molecule is CC[C@@H](C)NC(=O)[C@@H](Cc1ccccc1)N(Cc1ccccc1C)C(=O)COc1cccc(C)c1. The van der Waals surface area contributed by atoms with Crippen molar-refractivity contribution in [1.82, 2.24) is 10.2 Å². The lowest BCUT2D eigenvalue weighted by Crippen LogP contribution is -2.53. The standard InChI is InChI=1S/C30H36N2O3/c1-5-24(4)31-30(34)28(19-25-14-7-6-8-15-25)32(20-26-16-10-9-13-23(26)3)29(33)21-35-27-17-11-12-22(2)18-27/h6-18,24,28H,5,19-21H2,1-4H3,(H,31,34)/t24-,28-/m1/s1. The Morgan fingerprint density at radius 2 is 1.66 bits per heavy atom. The van der Waals surface area contributed by atoms with E-state index in [9.17, 15) is 9.59 Å². The van der Waals surface area contributed by atoms with Gasteiger partial charge in [0.15, 0.2) is 6.61 Å². The number of benzene rings is 3. The molecule has 0 aliphatic heterocycles. The Hall–Kier alpha value is -3.60. The molecule has 0 radical (unpaired) electrons. The van der Waals surface area contributed by atoms with E-state index >= 15 is 0 Å². The monoisotopic (exact) mass is 472 g/mol. The van der Waals surface area contributed by atoms with Gasteiger partial charge in [-0.15, -0.1) is 0 Å². The van der Waals surface area contributed by atoms with Gasteiger partial charge in [0.1, 0.15) is 11.8 Å². The fraction of sp³-hybridized carbons (Fsp3) is 0.333. The van der Waals surface area contributed by atoms with E-state index in [0.717, 1.165) is 28.7 Å². The Balaban J connectivity index is 1.92. The Morgan fingerprint density at radius 1 is 0.943 bits per heavy atom. The lowest BCUT2D eigenvalue weighted by atomic mass is 10.0. The Bertz CT molecular complexity index is 1110. The smallest absolute Gasteiger partial charge is 0.261 e. The highest BCUT2D eigenvalue weighted by Crippen LogP contribution is 2.18. The average molecular weight is 473 g/mol. The van der Waals surface area contributed by atoms with Crippen LogP contribution in [0.4, 0.5) is 0 Å². The molecule has 0 unspecified atom stereocenters. The molecule has 1 N–H and O–H groups in total. The van der Waals surface area contributed by atoms with E-state index in [1.807, 2.05) is 107 Å². The molecule has 5 nitrogen and oxygen atoms in total. The number of amides is 2. The number of rotatable bonds is 11. The number of nitrogens with one attached hydrogen (secondary N) is 1. The third kappa shape index (κ3) is 7.71. The molecule has 0 aromatic heterocycles. The molecule has 0 spiro atoms. The quantitative estimate of drug-likeness (QED) is 0.415. The van der Waals surface area contributed by atoms with Gasteiger partial charge in [-0.05, 0) is 61.6 Å². The number of aryl methyl sites for hydroxylation is 2. The van der Waals surface area contributed by atoms with Gasteiger partial charge in [0.2, 0.25) is 5.91 Å². The average Bonchev–Trinajstić information content (AvgIpc) is 2.86. The summed E-state index contributed by atoms with van der Waals surface area (Å²) in [4.78, 5) is 28.8. The fourth-order valence-corrected chi connectivity index (χ4v) is 3.90. The summed E-state index contributed by atoms with van der Waals surface area (Å²) in [6.45, 7) is 8.20. The van der Waals surface area contributed by atoms with E-state index in [1.54, 1.807) is 4.90 Å². The number of nitrogens with zero attached hydrogens (tertiary/aromatic N) is 1. The van der Waals surface area contributed by atoms with Gasteiger partial charge in [0.25, 0.3) is 5.91 Å². The minimum absolute atomic E-state index is 0.0136. The first-order chi connectivity index (χ1) is 16.9. The maximum absolute atomic E-state index is 13.6. The maximum Gasteiger partial charge on any atom is 0.261 e. The number of carbonyl (C=O) groups is 2. The molecule has 184 valence electrons. The van der Waals surface area contributed by atoms with Crippen molar-refractivity contribution in [3.8, 4) is 5.75 Å². The van der Waals surface area contributed by atoms with Crippen molar-refractivity contribution in [1.29, 1.82) is 0 Å². The zero-order valence-corrected chi connectivity index (χ0v) is 21.2. The van der Waals surface area contributed by atoms with Crippen LogP contribution in [0.25, 0.3) is 0 Å². The van der Waals surface area contributed by atoms with Crippen LogP contribution in [-0.4, -0.2) is 35.4 Å². The third-order valence-corrected chi connectivity index (χ3v) is 6.23. The topological polar surface area (TPSA) is 58.6 Å². The van der Waals surface area contributed by atoms with E-state index in [2.05, 4.69) is 5.32 Å². The second-order valence-electron chi connectivity index (χ2n) is 9.08. The fourth-order valence-electron chi connectivity index (χ4n) is 3.90. The molecular formula is C30H36N2O3. The number of hydrogen-bond acceptors (Lipinski definition) is 3. The van der Waals surface area contributed by atoms with Crippen LogP contribution >= 0.6 is 0 Å². The summed E-state index contributed by atoms with van der Waals surface area (Å²) in [7, 11) is 0. The molecule has 5 heteroatoms. The van der Waals surface area contributed by atoms with Crippen LogP contribution in [0.15, 0.2) is 78.9 Å². The van der Waals surface area contributed by atoms with Crippen molar-refractivity contribution in [3.05, 3.63) is 101 Å². The number of hydrogen-bond donors (Lipinski definition) is 1. The predicted octanol–water partition coefficient (Wildman–Crippen LogP) is 5.24. The highest BCUT2D eigenvalue weighted by atomic mass is 16.5. The van der Waals surface area contributed by atoms with Crippen LogP contribution in [-0.2, 0) is 22.6 Å². The third-order valence-electron chi connectivity index (χ3n) is 6.23. The molecule has 0 heterocycles. The van der Waals surface area contributed by atoms with E-state index in [1.165, 1.54) is 0 Å². The van der Waals surface area contributed by atoms with Crippen molar-refractivity contribution in [3.63, 3.8) is 0 Å². The summed E-state index contributed by atoms with van der Waals surface area (Å²) < 4.78 is 5.86. The van der Waals surface area contributed by atoms with Crippen molar-refractivity contribution in [2.75, 3.05) is 6.61 Å². The lowest BCUT2D eigenvalue weighted by Gasteiger charge is -2.32. The van der Waals surface area contributed by atoms with Crippen molar-refractivity contribution in [2.24, 2.45) is 0 Å². The highest BCUT2D eigenvalue weighted by molar-refractivity contribution is 5.88. The molecule has 3 aromatic carbocycles. The van der Waals surface area contributed by atoms with Gasteiger partial charge in [0, 0.05) is 19.0 Å². The van der Waals surface area contributed by atoms with E-state index < -0.39 is 6.04 Å². The molecule has 2 amide bonds. The van der Waals surface area contributed by atoms with Crippen molar-refractivity contribution < 1.29 is 14.3 Å². The van der Waals surface area contributed by atoms with Crippen LogP contribution in [0.3, 0.4) is 0 Å². The second-order valence-corrected chi connectivity index (χ2v) is 9.08. The van der Waals surface area contributed by atoms with Gasteiger partial charge in [-0.2, -0.15) is 0 Å². The summed E-state index contributed by atoms with van der Waals surface area (Å²) in [5.41, 5.74) is 4.14. The van der Waals surface area contributed by atoms with Crippen LogP contribution in [0, 0.1) is 13.8 Å². The molecule has 0 bridgehead atoms. The summed E-state index contributed by atoms with van der Waals surface area (Å²) in [5, 5.41) is 3.09. The first-order valence-electron chi connectivity index (χ1n) is 12.2. The normalized spacial score (nSPS) is 12.5. The Labute approximate surface area is 209 Å². The maximum atomic E-state index is 13.6. The van der Waals surface area contributed by atoms with E-state index in [0.29, 0.717) is 18.7 Å². The predicted molar refractivity (Wildman–Crippen MR) is 140 cm³/mol. The summed E-state index contributed by atoms with van der Waals surface area (Å²) >= 11 is 0. The van der Waals surface area contributed by atoms with Crippen molar-refractivity contribution in [2.45, 2.75) is 59.2 Å². The highest BCUT2D eigenvalue weighted by Gasteiger charge is 2.31. The van der Waals surface area contributed by atoms with Gasteiger partial charge in [-0.3, -0.25) is 9.59 Å². The van der Waals surface area contributed by atoms with E-state index in [4.69, 9.17) is 4.74 Å². The molecule has 3 aromatic rings. The van der Waals surface area contributed by atoms with Crippen LogP contribution < -0.4 is 10.1 Å². The first kappa shape index (κ1) is 26.0. The van der Waals surface area contributed by atoms with Crippen LogP contribution in [0.1, 0.15) is 42.5 Å². The minimum atomic E-state index is -0.667. The molecule has 0 saturated carbocycles. The van der Waals surface area contributed by atoms with Gasteiger partial charge < -0.3 is 15.0 Å². The van der Waals surface area contributed by atoms with Crippen LogP contribution in [0.5, 0.6) is 5.75 Å². The molecule has 0 saturated heterocycles. The number of ether oxygens (including phenoxy) is 1. The molecular weight excluding hydrogens is 436 g/mol.